The van der Waals surface area contributed by atoms with Gasteiger partial charge in [0, 0.05) is 10.6 Å². The predicted molar refractivity (Wildman–Crippen MR) is 66.1 cm³/mol. The number of hydrogen-bond acceptors (Lipinski definition) is 2. The van der Waals surface area contributed by atoms with Crippen LogP contribution in [0, 0.1) is 0 Å². The maximum atomic E-state index is 6.02. The van der Waals surface area contributed by atoms with Crippen molar-refractivity contribution in [3.05, 3.63) is 23.3 Å². The van der Waals surface area contributed by atoms with E-state index in [4.69, 9.17) is 5.73 Å². The van der Waals surface area contributed by atoms with Crippen LogP contribution in [0.1, 0.15) is 37.8 Å². The molecule has 0 spiro atoms. The van der Waals surface area contributed by atoms with Gasteiger partial charge in [-0.3, -0.25) is 0 Å². The highest BCUT2D eigenvalue weighted by molar-refractivity contribution is 7.80. The number of aryl methyl sites for hydroxylation is 1. The van der Waals surface area contributed by atoms with Crippen molar-refractivity contribution in [1.29, 1.82) is 0 Å². The zero-order chi connectivity index (χ0) is 10.6. The van der Waals surface area contributed by atoms with Crippen LogP contribution in [-0.2, 0) is 12.8 Å². The van der Waals surface area contributed by atoms with Gasteiger partial charge in [-0.05, 0) is 30.0 Å². The molecule has 2 N–H and O–H groups in total. The summed E-state index contributed by atoms with van der Waals surface area (Å²) in [7, 11) is 0. The van der Waals surface area contributed by atoms with Gasteiger partial charge in [0.25, 0.3) is 0 Å². The summed E-state index contributed by atoms with van der Waals surface area (Å²) in [6.07, 6.45) is 4.49. The zero-order valence-corrected chi connectivity index (χ0v) is 9.90. The van der Waals surface area contributed by atoms with Gasteiger partial charge >= 0.3 is 0 Å². The van der Waals surface area contributed by atoms with Crippen molar-refractivity contribution < 1.29 is 0 Å². The summed E-state index contributed by atoms with van der Waals surface area (Å²) in [5.74, 6) is 0. The monoisotopic (exact) mass is 209 g/mol. The molecule has 0 amide bonds. The van der Waals surface area contributed by atoms with Crippen molar-refractivity contribution in [2.45, 2.75) is 44.4 Å². The largest absolute Gasteiger partial charge is 0.398 e. The molecule has 0 saturated heterocycles. The van der Waals surface area contributed by atoms with Gasteiger partial charge in [0.1, 0.15) is 0 Å². The van der Waals surface area contributed by atoms with E-state index in [0.29, 0.717) is 0 Å². The van der Waals surface area contributed by atoms with Crippen LogP contribution in [0.3, 0.4) is 0 Å². The van der Waals surface area contributed by atoms with Crippen LogP contribution < -0.4 is 5.73 Å². The van der Waals surface area contributed by atoms with Gasteiger partial charge in [-0.25, -0.2) is 0 Å². The fraction of sp³-hybridized carbons (Fsp3) is 0.500. The molecule has 78 valence electrons. The molecule has 0 radical (unpaired) electrons. The average Bonchev–Trinajstić information content (AvgIpc) is 2.18. The summed E-state index contributed by atoms with van der Waals surface area (Å²) in [6, 6.07) is 4.16. The molecule has 14 heavy (non-hydrogen) atoms. The Morgan fingerprint density at radius 2 is 1.79 bits per heavy atom. The molecule has 1 nitrogen and oxygen atoms in total. The van der Waals surface area contributed by atoms with Crippen molar-refractivity contribution >= 4 is 18.3 Å². The third kappa shape index (κ3) is 2.44. The van der Waals surface area contributed by atoms with Gasteiger partial charge in [0.2, 0.25) is 0 Å². The molecule has 0 unspecified atom stereocenters. The maximum Gasteiger partial charge on any atom is 0.0484 e. The SMILES string of the molecule is CCCc1ccc(S)c(N)c1CCC. The van der Waals surface area contributed by atoms with Gasteiger partial charge in [-0.15, -0.1) is 12.6 Å². The van der Waals surface area contributed by atoms with Gasteiger partial charge in [-0.1, -0.05) is 32.8 Å². The lowest BCUT2D eigenvalue weighted by Gasteiger charge is -2.12. The van der Waals surface area contributed by atoms with E-state index in [1.807, 2.05) is 6.07 Å². The lowest BCUT2D eigenvalue weighted by molar-refractivity contribution is 0.860. The molecular formula is C12H19NS. The lowest BCUT2D eigenvalue weighted by Crippen LogP contribution is -2.01. The first-order valence-electron chi connectivity index (χ1n) is 5.29. The molecule has 0 heterocycles. The normalized spacial score (nSPS) is 10.5. The topological polar surface area (TPSA) is 26.0 Å². The molecule has 0 atom stereocenters. The quantitative estimate of drug-likeness (QED) is 0.576. The van der Waals surface area contributed by atoms with Gasteiger partial charge < -0.3 is 5.73 Å². The summed E-state index contributed by atoms with van der Waals surface area (Å²) >= 11 is 4.35. The Morgan fingerprint density at radius 1 is 1.14 bits per heavy atom. The summed E-state index contributed by atoms with van der Waals surface area (Å²) in [5.41, 5.74) is 9.60. The van der Waals surface area contributed by atoms with Gasteiger partial charge in [0.05, 0.1) is 0 Å². The Kier molecular flexibility index (Phi) is 4.33. The van der Waals surface area contributed by atoms with Crippen molar-refractivity contribution in [2.24, 2.45) is 0 Å². The highest BCUT2D eigenvalue weighted by atomic mass is 32.1. The molecule has 0 aromatic heterocycles. The first-order valence-corrected chi connectivity index (χ1v) is 5.74. The highest BCUT2D eigenvalue weighted by Crippen LogP contribution is 2.26. The minimum absolute atomic E-state index is 0.876. The molecule has 0 bridgehead atoms. The lowest BCUT2D eigenvalue weighted by atomic mass is 9.98. The number of rotatable bonds is 4. The highest BCUT2D eigenvalue weighted by Gasteiger charge is 2.07. The van der Waals surface area contributed by atoms with E-state index >= 15 is 0 Å². The Labute approximate surface area is 92.1 Å². The minimum Gasteiger partial charge on any atom is -0.398 e. The Morgan fingerprint density at radius 3 is 2.36 bits per heavy atom. The molecule has 0 aliphatic rings. The molecule has 1 rings (SSSR count). The van der Waals surface area contributed by atoms with Crippen molar-refractivity contribution in [3.8, 4) is 0 Å². The number of nitrogen functional groups attached to an aromatic ring is 1. The van der Waals surface area contributed by atoms with E-state index in [-0.39, 0.29) is 0 Å². The summed E-state index contributed by atoms with van der Waals surface area (Å²) < 4.78 is 0. The van der Waals surface area contributed by atoms with Crippen molar-refractivity contribution in [1.82, 2.24) is 0 Å². The van der Waals surface area contributed by atoms with Crippen LogP contribution in [0.4, 0.5) is 5.69 Å². The van der Waals surface area contributed by atoms with E-state index < -0.39 is 0 Å². The molecule has 0 aliphatic heterocycles. The molecule has 0 aliphatic carbocycles. The van der Waals surface area contributed by atoms with Crippen molar-refractivity contribution in [3.63, 3.8) is 0 Å². The second-order valence-corrected chi connectivity index (χ2v) is 4.12. The van der Waals surface area contributed by atoms with Gasteiger partial charge in [-0.2, -0.15) is 0 Å². The van der Waals surface area contributed by atoms with E-state index in [2.05, 4.69) is 32.5 Å². The molecule has 1 aromatic carbocycles. The number of anilines is 1. The first-order chi connectivity index (χ1) is 6.70. The van der Waals surface area contributed by atoms with Crippen LogP contribution >= 0.6 is 12.6 Å². The summed E-state index contributed by atoms with van der Waals surface area (Å²) in [5, 5.41) is 0. The average molecular weight is 209 g/mol. The van der Waals surface area contributed by atoms with Crippen LogP contribution in [0.15, 0.2) is 17.0 Å². The fourth-order valence-corrected chi connectivity index (χ4v) is 1.96. The van der Waals surface area contributed by atoms with E-state index in [0.717, 1.165) is 29.8 Å². The number of hydrogen-bond donors (Lipinski definition) is 2. The Hall–Kier alpha value is -0.630. The van der Waals surface area contributed by atoms with E-state index in [9.17, 15) is 0 Å². The maximum absolute atomic E-state index is 6.02. The first kappa shape index (κ1) is 11.4. The fourth-order valence-electron chi connectivity index (χ4n) is 1.75. The molecule has 0 fully saturated rings. The minimum atomic E-state index is 0.876. The molecule has 0 saturated carbocycles. The standard InChI is InChI=1S/C12H19NS/c1-3-5-9-7-8-11(14)12(13)10(9)6-4-2/h7-8,14H,3-6,13H2,1-2H3. The van der Waals surface area contributed by atoms with Crippen LogP contribution in [0.2, 0.25) is 0 Å². The zero-order valence-electron chi connectivity index (χ0n) is 9.01. The number of benzene rings is 1. The van der Waals surface area contributed by atoms with E-state index in [1.54, 1.807) is 0 Å². The summed E-state index contributed by atoms with van der Waals surface area (Å²) in [6.45, 7) is 4.38. The molecule has 1 aromatic rings. The van der Waals surface area contributed by atoms with Crippen LogP contribution in [0.5, 0.6) is 0 Å². The smallest absolute Gasteiger partial charge is 0.0484 e. The Balaban J connectivity index is 3.08. The third-order valence-corrected chi connectivity index (χ3v) is 2.84. The predicted octanol–water partition coefficient (Wildman–Crippen LogP) is 3.46. The molecule has 2 heteroatoms. The van der Waals surface area contributed by atoms with Gasteiger partial charge in [0.15, 0.2) is 0 Å². The third-order valence-electron chi connectivity index (χ3n) is 2.45. The number of thiol groups is 1. The van der Waals surface area contributed by atoms with Crippen molar-refractivity contribution in [2.75, 3.05) is 5.73 Å². The van der Waals surface area contributed by atoms with Crippen LogP contribution in [-0.4, -0.2) is 0 Å². The second-order valence-electron chi connectivity index (χ2n) is 3.64. The molecular weight excluding hydrogens is 190 g/mol. The van der Waals surface area contributed by atoms with E-state index in [1.165, 1.54) is 17.5 Å². The number of nitrogens with two attached hydrogens (primary N) is 1. The Bertz CT molecular complexity index is 307. The van der Waals surface area contributed by atoms with Crippen LogP contribution in [0.25, 0.3) is 0 Å². The second kappa shape index (κ2) is 5.30. The summed E-state index contributed by atoms with van der Waals surface area (Å²) in [4.78, 5) is 0.910.